The summed E-state index contributed by atoms with van der Waals surface area (Å²) in [5, 5.41) is 0. The van der Waals surface area contributed by atoms with Crippen molar-refractivity contribution in [2.45, 2.75) is 13.8 Å². The van der Waals surface area contributed by atoms with Crippen LogP contribution in [0.15, 0.2) is 85.2 Å². The van der Waals surface area contributed by atoms with E-state index < -0.39 is 0 Å². The van der Waals surface area contributed by atoms with Crippen LogP contribution in [0.3, 0.4) is 0 Å². The van der Waals surface area contributed by atoms with Gasteiger partial charge in [0.15, 0.2) is 0 Å². The second-order valence-corrected chi connectivity index (χ2v) is 9.77. The average molecular weight is 551 g/mol. The van der Waals surface area contributed by atoms with E-state index in [0.717, 1.165) is 23.5 Å². The molecule has 8 nitrogen and oxygen atoms in total. The molecule has 1 aromatic carbocycles. The van der Waals surface area contributed by atoms with Crippen molar-refractivity contribution < 1.29 is 19.1 Å². The Morgan fingerprint density at radius 1 is 0.675 bits per heavy atom. The zero-order valence-electron chi connectivity index (χ0n) is 22.0. The number of carbonyl (C=O) groups excluding carboxylic acids is 2. The Balaban J connectivity index is 1.46. The fourth-order valence-electron chi connectivity index (χ4n) is 4.37. The lowest BCUT2D eigenvalue weighted by Crippen LogP contribution is -2.21. The lowest BCUT2D eigenvalue weighted by molar-refractivity contribution is -0.121. The lowest BCUT2D eigenvalue weighted by atomic mass is 10.1. The van der Waals surface area contributed by atoms with Gasteiger partial charge in [0.05, 0.1) is 22.8 Å². The minimum absolute atomic E-state index is 0.289. The number of nitrogens with zero attached hydrogens (tertiary/aromatic N) is 4. The van der Waals surface area contributed by atoms with E-state index in [-0.39, 0.29) is 5.75 Å². The number of pyridine rings is 3. The van der Waals surface area contributed by atoms with E-state index in [9.17, 15) is 9.59 Å². The van der Waals surface area contributed by atoms with Crippen LogP contribution in [0.1, 0.15) is 13.8 Å². The fraction of sp³-hybridized carbons (Fsp3) is 0.129. The Morgan fingerprint density at radius 3 is 1.90 bits per heavy atom. The lowest BCUT2D eigenvalue weighted by Gasteiger charge is -2.21. The zero-order chi connectivity index (χ0) is 27.9. The molecule has 9 heteroatoms. The van der Waals surface area contributed by atoms with Crippen LogP contribution in [0.2, 0.25) is 0 Å². The molecule has 0 aliphatic carbocycles. The van der Waals surface area contributed by atoms with E-state index in [1.54, 1.807) is 41.8 Å². The van der Waals surface area contributed by atoms with Crippen LogP contribution in [0, 0.1) is 0 Å². The number of hydrogen-bond acceptors (Lipinski definition) is 9. The maximum absolute atomic E-state index is 11.1. The Labute approximate surface area is 235 Å². The molecule has 0 saturated carbocycles. The van der Waals surface area contributed by atoms with Crippen LogP contribution in [-0.2, 0) is 9.59 Å². The van der Waals surface area contributed by atoms with Gasteiger partial charge in [-0.05, 0) is 67.4 Å². The number of benzene rings is 1. The topological polar surface area (TPSA) is 94.5 Å². The van der Waals surface area contributed by atoms with Crippen LogP contribution < -0.4 is 14.4 Å². The molecule has 0 bridgehead atoms. The minimum atomic E-state index is 0.289. The molecule has 40 heavy (non-hydrogen) atoms. The summed E-state index contributed by atoms with van der Waals surface area (Å²) in [6.07, 6.45) is 3.24. The van der Waals surface area contributed by atoms with Crippen molar-refractivity contribution in [3.05, 3.63) is 85.2 Å². The van der Waals surface area contributed by atoms with Crippen molar-refractivity contribution in [3.8, 4) is 55.2 Å². The van der Waals surface area contributed by atoms with E-state index in [4.69, 9.17) is 14.5 Å². The van der Waals surface area contributed by atoms with E-state index in [0.29, 0.717) is 41.5 Å². The summed E-state index contributed by atoms with van der Waals surface area (Å²) in [7, 11) is 0. The van der Waals surface area contributed by atoms with Gasteiger partial charge in [-0.3, -0.25) is 19.6 Å². The third-order valence-corrected chi connectivity index (χ3v) is 7.54. The first-order valence-corrected chi connectivity index (χ1v) is 13.5. The molecule has 0 atom stereocenters. The predicted octanol–water partition coefficient (Wildman–Crippen LogP) is 6.52. The summed E-state index contributed by atoms with van der Waals surface area (Å²) < 4.78 is 10.1. The number of aromatic nitrogens is 3. The highest BCUT2D eigenvalue weighted by Crippen LogP contribution is 2.36. The Morgan fingerprint density at radius 2 is 1.25 bits per heavy atom. The summed E-state index contributed by atoms with van der Waals surface area (Å²) in [5.41, 5.74) is 5.37. The fourth-order valence-corrected chi connectivity index (χ4v) is 5.38. The van der Waals surface area contributed by atoms with E-state index >= 15 is 0 Å². The van der Waals surface area contributed by atoms with E-state index in [1.807, 2.05) is 12.1 Å². The molecule has 5 aromatic rings. The molecule has 4 aromatic heterocycles. The smallest absolute Gasteiger partial charge is 0.298 e. The van der Waals surface area contributed by atoms with Gasteiger partial charge >= 0.3 is 0 Å². The Kier molecular flexibility index (Phi) is 8.22. The van der Waals surface area contributed by atoms with Gasteiger partial charge in [0, 0.05) is 59.1 Å². The van der Waals surface area contributed by atoms with Gasteiger partial charge in [0.2, 0.25) is 0 Å². The van der Waals surface area contributed by atoms with Gasteiger partial charge < -0.3 is 14.4 Å². The first-order valence-electron chi connectivity index (χ1n) is 12.7. The maximum Gasteiger partial charge on any atom is 0.298 e. The average Bonchev–Trinajstić information content (AvgIpc) is 3.49. The van der Waals surface area contributed by atoms with Gasteiger partial charge in [0.25, 0.3) is 12.9 Å². The first kappa shape index (κ1) is 26.7. The summed E-state index contributed by atoms with van der Waals surface area (Å²) >= 11 is 1.70. The molecule has 0 aliphatic heterocycles. The molecule has 0 saturated heterocycles. The number of thiophene rings is 1. The number of rotatable bonds is 11. The Bertz CT molecular complexity index is 1630. The second-order valence-electron chi connectivity index (χ2n) is 8.69. The maximum atomic E-state index is 11.1. The molecule has 0 aliphatic rings. The zero-order valence-corrected chi connectivity index (χ0v) is 22.8. The molecule has 0 amide bonds. The molecule has 0 radical (unpaired) electrons. The van der Waals surface area contributed by atoms with Crippen LogP contribution in [0.5, 0.6) is 11.5 Å². The van der Waals surface area contributed by atoms with Crippen molar-refractivity contribution in [1.82, 2.24) is 15.0 Å². The molecule has 0 N–H and O–H groups in total. The number of hydrogen-bond donors (Lipinski definition) is 0. The van der Waals surface area contributed by atoms with Crippen LogP contribution in [-0.4, -0.2) is 41.0 Å². The monoisotopic (exact) mass is 550 g/mol. The molecular formula is C31H26N4O4S. The highest BCUT2D eigenvalue weighted by atomic mass is 32.1. The molecule has 200 valence electrons. The standard InChI is InChI=1S/C31H26N4O4S/c1-3-35(4-2)23-7-5-21(6-8-23)30-9-10-31(40-30)22-11-13-32-26(15-22)28-17-25(39-20-37)18-29(34-28)27-16-24(38-19-36)12-14-33-27/h5-20H,3-4H2,1-2H3. The molecule has 0 spiro atoms. The van der Waals surface area contributed by atoms with E-state index in [1.165, 1.54) is 22.3 Å². The number of ether oxygens (including phenoxy) is 2. The third-order valence-electron chi connectivity index (χ3n) is 6.35. The third kappa shape index (κ3) is 5.89. The highest BCUT2D eigenvalue weighted by molar-refractivity contribution is 7.18. The quantitative estimate of drug-likeness (QED) is 0.172. The minimum Gasteiger partial charge on any atom is -0.429 e. The van der Waals surface area contributed by atoms with Gasteiger partial charge in [-0.1, -0.05) is 12.1 Å². The van der Waals surface area contributed by atoms with Gasteiger partial charge in [-0.2, -0.15) is 0 Å². The molecule has 0 unspecified atom stereocenters. The molecule has 4 heterocycles. The summed E-state index contributed by atoms with van der Waals surface area (Å²) in [6, 6.07) is 23.2. The predicted molar refractivity (Wildman–Crippen MR) is 156 cm³/mol. The van der Waals surface area contributed by atoms with Crippen LogP contribution in [0.25, 0.3) is 43.7 Å². The number of anilines is 1. The molecular weight excluding hydrogens is 524 g/mol. The van der Waals surface area contributed by atoms with E-state index in [2.05, 4.69) is 65.1 Å². The molecule has 5 rings (SSSR count). The summed E-state index contributed by atoms with van der Waals surface area (Å²) in [4.78, 5) is 40.0. The van der Waals surface area contributed by atoms with Gasteiger partial charge in [-0.25, -0.2) is 4.98 Å². The van der Waals surface area contributed by atoms with Gasteiger partial charge in [0.1, 0.15) is 11.5 Å². The second kappa shape index (κ2) is 12.3. The first-order chi connectivity index (χ1) is 19.6. The van der Waals surface area contributed by atoms with Crippen molar-refractivity contribution in [3.63, 3.8) is 0 Å². The highest BCUT2D eigenvalue weighted by Gasteiger charge is 2.13. The summed E-state index contributed by atoms with van der Waals surface area (Å²) in [6.45, 7) is 6.97. The van der Waals surface area contributed by atoms with Crippen LogP contribution >= 0.6 is 11.3 Å². The summed E-state index contributed by atoms with van der Waals surface area (Å²) in [5.74, 6) is 0.610. The van der Waals surface area contributed by atoms with Crippen molar-refractivity contribution in [2.75, 3.05) is 18.0 Å². The largest absolute Gasteiger partial charge is 0.429 e. The normalized spacial score (nSPS) is 10.7. The van der Waals surface area contributed by atoms with Crippen molar-refractivity contribution in [1.29, 1.82) is 0 Å². The molecule has 0 fully saturated rings. The van der Waals surface area contributed by atoms with Crippen molar-refractivity contribution >= 4 is 30.0 Å². The van der Waals surface area contributed by atoms with Gasteiger partial charge in [-0.15, -0.1) is 11.3 Å². The SMILES string of the molecule is CCN(CC)c1ccc(-c2ccc(-c3ccnc(-c4cc(OC=O)cc(-c5cc(OC=O)ccn5)n4)c3)s2)cc1. The number of carbonyl (C=O) groups is 2. The van der Waals surface area contributed by atoms with Crippen molar-refractivity contribution in [2.24, 2.45) is 0 Å². The van der Waals surface area contributed by atoms with Crippen LogP contribution in [0.4, 0.5) is 5.69 Å². The Hall–Kier alpha value is -4.89.